The summed E-state index contributed by atoms with van der Waals surface area (Å²) < 4.78 is 5.58. The topological polar surface area (TPSA) is 59.5 Å². The van der Waals surface area contributed by atoms with Gasteiger partial charge >= 0.3 is 6.09 Å². The van der Waals surface area contributed by atoms with Crippen molar-refractivity contribution in [2.24, 2.45) is 5.92 Å². The molecule has 1 aromatic heterocycles. The fourth-order valence-electron chi connectivity index (χ4n) is 4.46. The Kier molecular flexibility index (Phi) is 4.41. The van der Waals surface area contributed by atoms with Gasteiger partial charge in [-0.1, -0.05) is 18.2 Å². The van der Waals surface area contributed by atoms with E-state index in [0.717, 1.165) is 42.1 Å². The number of carbonyl (C=O) groups is 2. The van der Waals surface area contributed by atoms with Gasteiger partial charge in [-0.3, -0.25) is 9.78 Å². The second kappa shape index (κ2) is 6.63. The summed E-state index contributed by atoms with van der Waals surface area (Å²) in [6.07, 6.45) is 4.84. The molecule has 2 aliphatic rings. The minimum absolute atomic E-state index is 0.0395. The van der Waals surface area contributed by atoms with Gasteiger partial charge in [0.1, 0.15) is 5.60 Å². The van der Waals surface area contributed by atoms with E-state index in [2.05, 4.69) is 4.98 Å². The predicted molar refractivity (Wildman–Crippen MR) is 104 cm³/mol. The van der Waals surface area contributed by atoms with Crippen LogP contribution in [0.15, 0.2) is 36.5 Å². The first-order valence-corrected chi connectivity index (χ1v) is 9.72. The average Bonchev–Trinajstić information content (AvgIpc) is 2.89. The summed E-state index contributed by atoms with van der Waals surface area (Å²) in [5.74, 6) is 0.130. The van der Waals surface area contributed by atoms with Gasteiger partial charge in [-0.05, 0) is 58.6 Å². The summed E-state index contributed by atoms with van der Waals surface area (Å²) in [7, 11) is 0. The van der Waals surface area contributed by atoms with Crippen LogP contribution in [-0.4, -0.2) is 39.4 Å². The third-order valence-corrected chi connectivity index (χ3v) is 5.60. The lowest BCUT2D eigenvalue weighted by atomic mass is 9.84. The van der Waals surface area contributed by atoms with Gasteiger partial charge in [-0.2, -0.15) is 0 Å². The van der Waals surface area contributed by atoms with Crippen molar-refractivity contribution in [3.63, 3.8) is 0 Å². The molecule has 3 heterocycles. The van der Waals surface area contributed by atoms with Crippen LogP contribution in [0.3, 0.4) is 0 Å². The van der Waals surface area contributed by atoms with E-state index in [1.54, 1.807) is 6.20 Å². The molecule has 2 atom stereocenters. The lowest BCUT2D eigenvalue weighted by Crippen LogP contribution is -2.49. The summed E-state index contributed by atoms with van der Waals surface area (Å²) in [5.41, 5.74) is 1.07. The molecular formula is C22H26N2O3. The average molecular weight is 366 g/mol. The minimum atomic E-state index is -0.499. The number of hydrogen-bond acceptors (Lipinski definition) is 4. The van der Waals surface area contributed by atoms with E-state index in [1.165, 1.54) is 0 Å². The van der Waals surface area contributed by atoms with Gasteiger partial charge < -0.3 is 9.64 Å². The van der Waals surface area contributed by atoms with E-state index in [0.29, 0.717) is 0 Å². The summed E-state index contributed by atoms with van der Waals surface area (Å²) in [4.78, 5) is 31.9. The van der Waals surface area contributed by atoms with Gasteiger partial charge in [0, 0.05) is 35.1 Å². The fourth-order valence-corrected chi connectivity index (χ4v) is 4.46. The van der Waals surface area contributed by atoms with Crippen molar-refractivity contribution >= 4 is 22.8 Å². The molecule has 1 amide bonds. The molecule has 2 unspecified atom stereocenters. The van der Waals surface area contributed by atoms with Gasteiger partial charge in [0.15, 0.2) is 5.78 Å². The Morgan fingerprint density at radius 1 is 1.11 bits per heavy atom. The molecule has 2 fully saturated rings. The molecule has 2 aliphatic heterocycles. The van der Waals surface area contributed by atoms with E-state index < -0.39 is 5.60 Å². The van der Waals surface area contributed by atoms with Crippen LogP contribution < -0.4 is 0 Å². The first kappa shape index (κ1) is 18.0. The maximum atomic E-state index is 13.1. The van der Waals surface area contributed by atoms with E-state index in [1.807, 2.05) is 56.0 Å². The maximum Gasteiger partial charge on any atom is 0.410 e. The monoisotopic (exact) mass is 366 g/mol. The molecule has 0 saturated carbocycles. The summed E-state index contributed by atoms with van der Waals surface area (Å²) in [6, 6.07) is 9.84. The van der Waals surface area contributed by atoms with Gasteiger partial charge in [0.25, 0.3) is 0 Å². The Morgan fingerprint density at radius 3 is 2.48 bits per heavy atom. The van der Waals surface area contributed by atoms with Gasteiger partial charge in [0.05, 0.1) is 5.52 Å². The molecule has 0 radical (unpaired) electrons. The van der Waals surface area contributed by atoms with Gasteiger partial charge in [0.2, 0.25) is 0 Å². The number of Topliss-reactive ketones (excluding diaryl/α,β-unsaturated/α-hetero) is 1. The molecule has 2 saturated heterocycles. The van der Waals surface area contributed by atoms with Crippen molar-refractivity contribution in [2.45, 2.75) is 64.1 Å². The molecule has 142 valence electrons. The van der Waals surface area contributed by atoms with Crippen molar-refractivity contribution in [2.75, 3.05) is 0 Å². The van der Waals surface area contributed by atoms with Crippen LogP contribution in [0.5, 0.6) is 0 Å². The Labute approximate surface area is 159 Å². The highest BCUT2D eigenvalue weighted by Crippen LogP contribution is 2.40. The molecule has 2 aromatic rings. The van der Waals surface area contributed by atoms with Crippen LogP contribution in [0, 0.1) is 5.92 Å². The SMILES string of the molecule is CC(C)(C)OC(=O)N1C2CCC1CC(C(=O)c1ccc3cccnc3c1)C2. The Hall–Kier alpha value is -2.43. The van der Waals surface area contributed by atoms with Gasteiger partial charge in [-0.15, -0.1) is 0 Å². The minimum Gasteiger partial charge on any atom is -0.444 e. The van der Waals surface area contributed by atoms with Gasteiger partial charge in [-0.25, -0.2) is 4.79 Å². The molecule has 4 rings (SSSR count). The first-order valence-electron chi connectivity index (χ1n) is 9.72. The van der Waals surface area contributed by atoms with Crippen LogP contribution in [0.4, 0.5) is 4.79 Å². The lowest BCUT2D eigenvalue weighted by molar-refractivity contribution is 0.00254. The smallest absolute Gasteiger partial charge is 0.410 e. The third kappa shape index (κ3) is 3.55. The number of piperidine rings is 1. The van der Waals surface area contributed by atoms with Crippen LogP contribution in [0.2, 0.25) is 0 Å². The number of amides is 1. The van der Waals surface area contributed by atoms with Crippen LogP contribution >= 0.6 is 0 Å². The summed E-state index contributed by atoms with van der Waals surface area (Å²) >= 11 is 0. The summed E-state index contributed by atoms with van der Waals surface area (Å²) in [5, 5.41) is 1.04. The molecule has 2 bridgehead atoms. The lowest BCUT2D eigenvalue weighted by Gasteiger charge is -2.39. The first-order chi connectivity index (χ1) is 12.8. The van der Waals surface area contributed by atoms with Crippen LogP contribution in [0.1, 0.15) is 56.8 Å². The van der Waals surface area contributed by atoms with Crippen LogP contribution in [-0.2, 0) is 4.74 Å². The van der Waals surface area contributed by atoms with Crippen molar-refractivity contribution < 1.29 is 14.3 Å². The highest BCUT2D eigenvalue weighted by atomic mass is 16.6. The number of fused-ring (bicyclic) bond motifs is 3. The number of rotatable bonds is 2. The predicted octanol–water partition coefficient (Wildman–Crippen LogP) is 4.60. The molecule has 27 heavy (non-hydrogen) atoms. The second-order valence-corrected chi connectivity index (χ2v) is 8.72. The highest BCUT2D eigenvalue weighted by molar-refractivity contribution is 6.00. The Bertz CT molecular complexity index is 873. The number of benzene rings is 1. The second-order valence-electron chi connectivity index (χ2n) is 8.72. The number of carbonyl (C=O) groups excluding carboxylic acids is 2. The zero-order valence-corrected chi connectivity index (χ0v) is 16.1. The van der Waals surface area contributed by atoms with E-state index in [9.17, 15) is 9.59 Å². The molecule has 0 N–H and O–H groups in total. The maximum absolute atomic E-state index is 13.1. The number of pyridine rings is 1. The number of aromatic nitrogens is 1. The molecule has 5 nitrogen and oxygen atoms in total. The largest absolute Gasteiger partial charge is 0.444 e. The number of ether oxygens (including phenoxy) is 1. The van der Waals surface area contributed by atoms with E-state index in [4.69, 9.17) is 4.74 Å². The quantitative estimate of drug-likeness (QED) is 0.729. The van der Waals surface area contributed by atoms with Crippen molar-refractivity contribution in [3.05, 3.63) is 42.1 Å². The van der Waals surface area contributed by atoms with E-state index in [-0.39, 0.29) is 29.9 Å². The van der Waals surface area contributed by atoms with Crippen molar-refractivity contribution in [1.29, 1.82) is 0 Å². The van der Waals surface area contributed by atoms with Crippen molar-refractivity contribution in [1.82, 2.24) is 9.88 Å². The number of hydrogen-bond donors (Lipinski definition) is 0. The third-order valence-electron chi connectivity index (χ3n) is 5.60. The number of nitrogens with zero attached hydrogens (tertiary/aromatic N) is 2. The molecule has 0 spiro atoms. The van der Waals surface area contributed by atoms with E-state index >= 15 is 0 Å². The van der Waals surface area contributed by atoms with Crippen molar-refractivity contribution in [3.8, 4) is 0 Å². The zero-order chi connectivity index (χ0) is 19.2. The molecular weight excluding hydrogens is 340 g/mol. The zero-order valence-electron chi connectivity index (χ0n) is 16.1. The normalized spacial score (nSPS) is 24.9. The molecule has 5 heteroatoms. The highest BCUT2D eigenvalue weighted by Gasteiger charge is 2.46. The Balaban J connectivity index is 1.50. The molecule has 0 aliphatic carbocycles. The Morgan fingerprint density at radius 2 is 1.81 bits per heavy atom. The summed E-state index contributed by atoms with van der Waals surface area (Å²) in [6.45, 7) is 5.66. The number of ketones is 1. The fraction of sp³-hybridized carbons (Fsp3) is 0.500. The standard InChI is InChI=1S/C22H26N2O3/c1-22(2,3)27-21(26)24-17-8-9-18(24)12-16(11-17)20(25)15-7-6-14-5-4-10-23-19(14)13-15/h4-7,10,13,16-18H,8-9,11-12H2,1-3H3. The molecule has 1 aromatic carbocycles. The van der Waals surface area contributed by atoms with Crippen LogP contribution in [0.25, 0.3) is 10.9 Å².